The van der Waals surface area contributed by atoms with Crippen molar-refractivity contribution >= 4 is 6.08 Å². The van der Waals surface area contributed by atoms with Crippen LogP contribution < -0.4 is 0 Å². The molecule has 0 N–H and O–H groups in total. The first-order valence-electron chi connectivity index (χ1n) is 4.43. The summed E-state index contributed by atoms with van der Waals surface area (Å²) >= 11 is 0. The van der Waals surface area contributed by atoms with Gasteiger partial charge in [0.1, 0.15) is 0 Å². The zero-order valence-corrected chi connectivity index (χ0v) is 8.04. The lowest BCUT2D eigenvalue weighted by molar-refractivity contribution is 1.13. The Labute approximate surface area is 79.3 Å². The highest BCUT2D eigenvalue weighted by Crippen LogP contribution is 2.12. The highest BCUT2D eigenvalue weighted by Gasteiger charge is 1.94. The molecule has 0 saturated heterocycles. The van der Waals surface area contributed by atoms with Crippen LogP contribution in [0.3, 0.4) is 0 Å². The van der Waals surface area contributed by atoms with Gasteiger partial charge in [-0.1, -0.05) is 25.1 Å². The van der Waals surface area contributed by atoms with Crippen molar-refractivity contribution in [2.45, 2.75) is 20.3 Å². The fourth-order valence-electron chi connectivity index (χ4n) is 1.27. The van der Waals surface area contributed by atoms with Gasteiger partial charge in [-0.2, -0.15) is 5.26 Å². The van der Waals surface area contributed by atoms with E-state index in [0.717, 1.165) is 12.0 Å². The van der Waals surface area contributed by atoms with Gasteiger partial charge in [0.05, 0.1) is 6.07 Å². The van der Waals surface area contributed by atoms with E-state index in [0.29, 0.717) is 0 Å². The van der Waals surface area contributed by atoms with Crippen LogP contribution in [0.4, 0.5) is 0 Å². The summed E-state index contributed by atoms with van der Waals surface area (Å²) in [5.41, 5.74) is 3.69. The number of nitriles is 1. The van der Waals surface area contributed by atoms with Crippen LogP contribution in [0.2, 0.25) is 0 Å². The minimum atomic E-state index is 1.06. The predicted octanol–water partition coefficient (Wildman–Crippen LogP) is 3.09. The molecule has 1 aromatic rings. The Hall–Kier alpha value is -1.55. The molecule has 0 radical (unpaired) electrons. The van der Waals surface area contributed by atoms with Gasteiger partial charge in [-0.05, 0) is 36.1 Å². The van der Waals surface area contributed by atoms with E-state index in [2.05, 4.69) is 32.0 Å². The largest absolute Gasteiger partial charge is 0.193 e. The molecule has 1 heteroatoms. The van der Waals surface area contributed by atoms with E-state index in [1.807, 2.05) is 12.1 Å². The monoisotopic (exact) mass is 171 g/mol. The molecule has 0 spiro atoms. The lowest BCUT2D eigenvalue weighted by Gasteiger charge is -2.02. The van der Waals surface area contributed by atoms with Gasteiger partial charge in [-0.15, -0.1) is 0 Å². The zero-order valence-electron chi connectivity index (χ0n) is 8.04. The molecule has 0 aliphatic carbocycles. The Kier molecular flexibility index (Phi) is 3.28. The molecule has 1 nitrogen and oxygen atoms in total. The minimum absolute atomic E-state index is 1.06. The molecule has 1 rings (SSSR count). The molecule has 0 fully saturated rings. The lowest BCUT2D eigenvalue weighted by Crippen LogP contribution is -1.85. The summed E-state index contributed by atoms with van der Waals surface area (Å²) < 4.78 is 0. The first kappa shape index (κ1) is 9.54. The predicted molar refractivity (Wildman–Crippen MR) is 55.2 cm³/mol. The van der Waals surface area contributed by atoms with Crippen molar-refractivity contribution in [3.05, 3.63) is 41.0 Å². The van der Waals surface area contributed by atoms with Crippen molar-refractivity contribution in [3.8, 4) is 6.07 Å². The fraction of sp³-hybridized carbons (Fsp3) is 0.250. The van der Waals surface area contributed by atoms with Gasteiger partial charge in [0.15, 0.2) is 0 Å². The molecule has 0 heterocycles. The molecular weight excluding hydrogens is 158 g/mol. The van der Waals surface area contributed by atoms with Crippen molar-refractivity contribution in [3.63, 3.8) is 0 Å². The molecule has 0 aromatic heterocycles. The average Bonchev–Trinajstić information content (AvgIpc) is 2.16. The number of hydrogen-bond acceptors (Lipinski definition) is 1. The number of nitrogens with zero attached hydrogens (tertiary/aromatic N) is 1. The number of hydrogen-bond donors (Lipinski definition) is 0. The molecule has 0 unspecified atom stereocenters. The maximum Gasteiger partial charge on any atom is 0.0912 e. The van der Waals surface area contributed by atoms with E-state index in [1.165, 1.54) is 17.2 Å². The van der Waals surface area contributed by atoms with Gasteiger partial charge in [0.2, 0.25) is 0 Å². The summed E-state index contributed by atoms with van der Waals surface area (Å²) in [6.45, 7) is 4.20. The van der Waals surface area contributed by atoms with E-state index < -0.39 is 0 Å². The third-order valence-corrected chi connectivity index (χ3v) is 2.08. The van der Waals surface area contributed by atoms with Gasteiger partial charge in [-0.3, -0.25) is 0 Å². The smallest absolute Gasteiger partial charge is 0.0912 e. The highest BCUT2D eigenvalue weighted by atomic mass is 14.2. The van der Waals surface area contributed by atoms with Crippen molar-refractivity contribution in [2.24, 2.45) is 0 Å². The van der Waals surface area contributed by atoms with Crippen molar-refractivity contribution in [1.29, 1.82) is 5.26 Å². The number of allylic oxidation sites excluding steroid dienone is 1. The van der Waals surface area contributed by atoms with E-state index in [1.54, 1.807) is 0 Å². The Morgan fingerprint density at radius 3 is 2.77 bits per heavy atom. The van der Waals surface area contributed by atoms with Crippen LogP contribution in [0.5, 0.6) is 0 Å². The summed E-state index contributed by atoms with van der Waals surface area (Å²) in [7, 11) is 0. The fourth-order valence-corrected chi connectivity index (χ4v) is 1.27. The second-order valence-corrected chi connectivity index (χ2v) is 3.01. The summed E-state index contributed by atoms with van der Waals surface area (Å²) in [5, 5.41) is 8.38. The van der Waals surface area contributed by atoms with Crippen LogP contribution in [0.15, 0.2) is 24.3 Å². The van der Waals surface area contributed by atoms with Crippen LogP contribution in [-0.2, 0) is 6.42 Å². The van der Waals surface area contributed by atoms with Gasteiger partial charge >= 0.3 is 0 Å². The van der Waals surface area contributed by atoms with Gasteiger partial charge in [0.25, 0.3) is 0 Å². The third kappa shape index (κ3) is 2.45. The first-order chi connectivity index (χ1) is 6.27. The number of benzene rings is 1. The topological polar surface area (TPSA) is 23.8 Å². The zero-order chi connectivity index (χ0) is 9.68. The molecule has 0 amide bonds. The van der Waals surface area contributed by atoms with E-state index in [4.69, 9.17) is 5.26 Å². The summed E-state index contributed by atoms with van der Waals surface area (Å²) in [6.07, 6.45) is 4.41. The van der Waals surface area contributed by atoms with Crippen molar-refractivity contribution in [2.75, 3.05) is 0 Å². The first-order valence-corrected chi connectivity index (χ1v) is 4.43. The maximum absolute atomic E-state index is 8.38. The summed E-state index contributed by atoms with van der Waals surface area (Å²) in [5.74, 6) is 0. The SMILES string of the molecule is CCc1ccc(C=CC#N)c(C)c1. The maximum atomic E-state index is 8.38. The Bertz CT molecular complexity index is 356. The quantitative estimate of drug-likeness (QED) is 0.627. The van der Waals surface area contributed by atoms with Crippen LogP contribution in [0.1, 0.15) is 23.6 Å². The molecule has 0 atom stereocenters. The second kappa shape index (κ2) is 4.47. The Balaban J connectivity index is 3.00. The molecular formula is C12H13N. The molecule has 0 bridgehead atoms. The molecule has 0 aliphatic rings. The average molecular weight is 171 g/mol. The van der Waals surface area contributed by atoms with Gasteiger partial charge in [-0.25, -0.2) is 0 Å². The van der Waals surface area contributed by atoms with Gasteiger partial charge < -0.3 is 0 Å². The van der Waals surface area contributed by atoms with Crippen LogP contribution >= 0.6 is 0 Å². The molecule has 0 aliphatic heterocycles. The minimum Gasteiger partial charge on any atom is -0.193 e. The van der Waals surface area contributed by atoms with E-state index >= 15 is 0 Å². The van der Waals surface area contributed by atoms with Crippen LogP contribution in [-0.4, -0.2) is 0 Å². The second-order valence-electron chi connectivity index (χ2n) is 3.01. The standard InChI is InChI=1S/C12H13N/c1-3-11-6-7-12(5-4-8-13)10(2)9-11/h4-7,9H,3H2,1-2H3. The Morgan fingerprint density at radius 2 is 2.23 bits per heavy atom. The Morgan fingerprint density at radius 1 is 1.46 bits per heavy atom. The third-order valence-electron chi connectivity index (χ3n) is 2.08. The molecule has 0 saturated carbocycles. The van der Waals surface area contributed by atoms with Crippen LogP contribution in [0.25, 0.3) is 6.08 Å². The van der Waals surface area contributed by atoms with Gasteiger partial charge in [0, 0.05) is 6.08 Å². The molecule has 1 aromatic carbocycles. The lowest BCUT2D eigenvalue weighted by atomic mass is 10.0. The molecule has 13 heavy (non-hydrogen) atoms. The highest BCUT2D eigenvalue weighted by molar-refractivity contribution is 5.56. The summed E-state index contributed by atoms with van der Waals surface area (Å²) in [4.78, 5) is 0. The van der Waals surface area contributed by atoms with E-state index in [9.17, 15) is 0 Å². The van der Waals surface area contributed by atoms with Crippen LogP contribution in [0, 0.1) is 18.3 Å². The van der Waals surface area contributed by atoms with Crippen molar-refractivity contribution < 1.29 is 0 Å². The normalized spacial score (nSPS) is 10.2. The van der Waals surface area contributed by atoms with Crippen molar-refractivity contribution in [1.82, 2.24) is 0 Å². The van der Waals surface area contributed by atoms with E-state index in [-0.39, 0.29) is 0 Å². The number of rotatable bonds is 2. The summed E-state index contributed by atoms with van der Waals surface area (Å²) in [6, 6.07) is 8.31. The molecule has 66 valence electrons. The number of aryl methyl sites for hydroxylation is 2.